The zero-order valence-electron chi connectivity index (χ0n) is 10.6. The van der Waals surface area contributed by atoms with Crippen LogP contribution in [0.2, 0.25) is 0 Å². The van der Waals surface area contributed by atoms with Gasteiger partial charge in [-0.2, -0.15) is 0 Å². The molecule has 0 spiro atoms. The fourth-order valence-electron chi connectivity index (χ4n) is 2.49. The molecule has 1 saturated heterocycles. The van der Waals surface area contributed by atoms with E-state index in [1.807, 2.05) is 0 Å². The third kappa shape index (κ3) is 3.16. The maximum Gasteiger partial charge on any atom is 0.0453 e. The smallest absolute Gasteiger partial charge is 0.0453 e. The van der Waals surface area contributed by atoms with Gasteiger partial charge in [0.05, 0.1) is 0 Å². The van der Waals surface area contributed by atoms with Gasteiger partial charge >= 0.3 is 0 Å². The van der Waals surface area contributed by atoms with E-state index in [-0.39, 0.29) is 5.54 Å². The largest absolute Gasteiger partial charge is 0.329 e. The minimum Gasteiger partial charge on any atom is -0.329 e. The fraction of sp³-hybridized carbons (Fsp3) is 1.00. The average molecular weight is 213 g/mol. The molecular weight excluding hydrogens is 186 g/mol. The Morgan fingerprint density at radius 1 is 1.40 bits per heavy atom. The summed E-state index contributed by atoms with van der Waals surface area (Å²) in [5.74, 6) is 0. The molecule has 0 aromatic carbocycles. The zero-order valence-corrected chi connectivity index (χ0v) is 10.6. The van der Waals surface area contributed by atoms with Crippen LogP contribution in [-0.2, 0) is 0 Å². The molecule has 1 aliphatic heterocycles. The van der Waals surface area contributed by atoms with Crippen molar-refractivity contribution >= 4 is 0 Å². The van der Waals surface area contributed by atoms with Crippen molar-refractivity contribution in [2.24, 2.45) is 5.73 Å². The molecule has 90 valence electrons. The quantitative estimate of drug-likeness (QED) is 0.743. The van der Waals surface area contributed by atoms with Crippen LogP contribution in [0.3, 0.4) is 0 Å². The second-order valence-corrected chi connectivity index (χ2v) is 5.06. The predicted molar refractivity (Wildman–Crippen MR) is 66.1 cm³/mol. The van der Waals surface area contributed by atoms with Crippen molar-refractivity contribution < 1.29 is 0 Å². The molecule has 1 rings (SSSR count). The number of nitrogens with zero attached hydrogens (tertiary/aromatic N) is 2. The first kappa shape index (κ1) is 12.9. The van der Waals surface area contributed by atoms with E-state index in [4.69, 9.17) is 5.73 Å². The normalized spacial score (nSPS) is 28.6. The number of piperidine rings is 1. The third-order valence-electron chi connectivity index (χ3n) is 3.79. The lowest BCUT2D eigenvalue weighted by Gasteiger charge is -2.46. The van der Waals surface area contributed by atoms with Crippen LogP contribution >= 0.6 is 0 Å². The molecule has 2 N–H and O–H groups in total. The third-order valence-corrected chi connectivity index (χ3v) is 3.79. The summed E-state index contributed by atoms with van der Waals surface area (Å²) < 4.78 is 0. The van der Waals surface area contributed by atoms with Gasteiger partial charge in [-0.1, -0.05) is 13.3 Å². The van der Waals surface area contributed by atoms with E-state index in [2.05, 4.69) is 30.8 Å². The van der Waals surface area contributed by atoms with Crippen molar-refractivity contribution in [3.05, 3.63) is 0 Å². The molecule has 0 bridgehead atoms. The van der Waals surface area contributed by atoms with Crippen LogP contribution in [0.25, 0.3) is 0 Å². The van der Waals surface area contributed by atoms with E-state index in [1.165, 1.54) is 38.8 Å². The van der Waals surface area contributed by atoms with Crippen LogP contribution in [-0.4, -0.2) is 55.6 Å². The van der Waals surface area contributed by atoms with Crippen LogP contribution in [0.4, 0.5) is 0 Å². The lowest BCUT2D eigenvalue weighted by molar-refractivity contribution is 0.0499. The van der Waals surface area contributed by atoms with Gasteiger partial charge in [-0.3, -0.25) is 0 Å². The molecule has 0 saturated carbocycles. The van der Waals surface area contributed by atoms with E-state index >= 15 is 0 Å². The monoisotopic (exact) mass is 213 g/mol. The molecule has 1 heterocycles. The highest BCUT2D eigenvalue weighted by atomic mass is 15.2. The summed E-state index contributed by atoms with van der Waals surface area (Å²) >= 11 is 0. The van der Waals surface area contributed by atoms with E-state index in [1.54, 1.807) is 0 Å². The number of hydrogen-bond acceptors (Lipinski definition) is 3. The van der Waals surface area contributed by atoms with Gasteiger partial charge < -0.3 is 15.5 Å². The molecule has 0 aliphatic carbocycles. The Labute approximate surface area is 94.6 Å². The van der Waals surface area contributed by atoms with Crippen LogP contribution in [0, 0.1) is 0 Å². The molecule has 0 amide bonds. The number of likely N-dealkylation sites (N-methyl/N-ethyl adjacent to an activating group) is 1. The lowest BCUT2D eigenvalue weighted by Crippen LogP contribution is -2.60. The molecule has 3 heteroatoms. The van der Waals surface area contributed by atoms with Gasteiger partial charge in [-0.05, 0) is 46.4 Å². The summed E-state index contributed by atoms with van der Waals surface area (Å²) in [6.45, 7) is 6.69. The van der Waals surface area contributed by atoms with Crippen molar-refractivity contribution in [3.63, 3.8) is 0 Å². The Balaban J connectivity index is 2.52. The summed E-state index contributed by atoms with van der Waals surface area (Å²) in [6.07, 6.45) is 5.14. The minimum atomic E-state index is 0.228. The minimum absolute atomic E-state index is 0.228. The Kier molecular flexibility index (Phi) is 5.03. The average Bonchev–Trinajstić information content (AvgIpc) is 2.26. The second-order valence-electron chi connectivity index (χ2n) is 5.06. The molecule has 0 aromatic rings. The predicted octanol–water partition coefficient (Wildman–Crippen LogP) is 1.14. The van der Waals surface area contributed by atoms with E-state index in [9.17, 15) is 0 Å². The highest BCUT2D eigenvalue weighted by Crippen LogP contribution is 2.24. The Hall–Kier alpha value is -0.120. The van der Waals surface area contributed by atoms with Gasteiger partial charge in [0.2, 0.25) is 0 Å². The lowest BCUT2D eigenvalue weighted by atomic mass is 9.87. The second kappa shape index (κ2) is 5.83. The van der Waals surface area contributed by atoms with Crippen molar-refractivity contribution in [1.29, 1.82) is 0 Å². The van der Waals surface area contributed by atoms with Gasteiger partial charge in [0.25, 0.3) is 0 Å². The topological polar surface area (TPSA) is 32.5 Å². The first-order chi connectivity index (χ1) is 7.14. The summed E-state index contributed by atoms with van der Waals surface area (Å²) in [7, 11) is 4.33. The maximum absolute atomic E-state index is 5.96. The molecule has 1 aliphatic rings. The van der Waals surface area contributed by atoms with Gasteiger partial charge in [0, 0.05) is 18.6 Å². The summed E-state index contributed by atoms with van der Waals surface area (Å²) in [5.41, 5.74) is 6.19. The Morgan fingerprint density at radius 3 is 2.67 bits per heavy atom. The van der Waals surface area contributed by atoms with Gasteiger partial charge in [0.1, 0.15) is 0 Å². The molecule has 3 nitrogen and oxygen atoms in total. The van der Waals surface area contributed by atoms with Crippen LogP contribution in [0.15, 0.2) is 0 Å². The number of rotatable bonds is 5. The van der Waals surface area contributed by atoms with Gasteiger partial charge in [0.15, 0.2) is 0 Å². The van der Waals surface area contributed by atoms with Crippen molar-refractivity contribution in [2.45, 2.75) is 38.1 Å². The van der Waals surface area contributed by atoms with Gasteiger partial charge in [-0.25, -0.2) is 0 Å². The van der Waals surface area contributed by atoms with Crippen molar-refractivity contribution in [1.82, 2.24) is 9.80 Å². The summed E-state index contributed by atoms with van der Waals surface area (Å²) in [6, 6.07) is 0. The Morgan fingerprint density at radius 2 is 2.13 bits per heavy atom. The first-order valence-electron chi connectivity index (χ1n) is 6.24. The molecular formula is C12H27N3. The Bertz CT molecular complexity index is 182. The summed E-state index contributed by atoms with van der Waals surface area (Å²) in [4.78, 5) is 4.91. The maximum atomic E-state index is 5.96. The molecule has 0 aromatic heterocycles. The number of hydrogen-bond donors (Lipinski definition) is 1. The molecule has 0 radical (unpaired) electrons. The number of unbranched alkanes of at least 4 members (excludes halogenated alkanes) is 1. The van der Waals surface area contributed by atoms with Crippen LogP contribution < -0.4 is 5.73 Å². The molecule has 1 unspecified atom stereocenters. The SMILES string of the molecule is CCCCN1CCCC(CN)(N(C)C)C1. The van der Waals surface area contributed by atoms with Crippen LogP contribution in [0.5, 0.6) is 0 Å². The number of likely N-dealkylation sites (tertiary alicyclic amines) is 1. The zero-order chi connectivity index (χ0) is 11.3. The van der Waals surface area contributed by atoms with E-state index < -0.39 is 0 Å². The van der Waals surface area contributed by atoms with E-state index in [0.717, 1.165) is 13.1 Å². The van der Waals surface area contributed by atoms with Crippen molar-refractivity contribution in [2.75, 3.05) is 40.3 Å². The van der Waals surface area contributed by atoms with Gasteiger partial charge in [-0.15, -0.1) is 0 Å². The standard InChI is InChI=1S/C12H27N3/c1-4-5-8-15-9-6-7-12(10-13,11-15)14(2)3/h4-11,13H2,1-3H3. The highest BCUT2D eigenvalue weighted by Gasteiger charge is 2.35. The number of nitrogens with two attached hydrogens (primary N) is 1. The van der Waals surface area contributed by atoms with Crippen molar-refractivity contribution in [3.8, 4) is 0 Å². The van der Waals surface area contributed by atoms with Crippen LogP contribution in [0.1, 0.15) is 32.6 Å². The first-order valence-corrected chi connectivity index (χ1v) is 6.24. The van der Waals surface area contributed by atoms with E-state index in [0.29, 0.717) is 0 Å². The fourth-order valence-corrected chi connectivity index (χ4v) is 2.49. The highest BCUT2D eigenvalue weighted by molar-refractivity contribution is 4.95. The molecule has 15 heavy (non-hydrogen) atoms. The molecule has 1 fully saturated rings. The molecule has 1 atom stereocenters. The summed E-state index contributed by atoms with van der Waals surface area (Å²) in [5, 5.41) is 0.